The van der Waals surface area contributed by atoms with E-state index in [-0.39, 0.29) is 22.0 Å². The Hall–Kier alpha value is -1.68. The Morgan fingerprint density at radius 2 is 1.38 bits per heavy atom. The van der Waals surface area contributed by atoms with Crippen LogP contribution in [0.25, 0.3) is 5.57 Å². The molecule has 0 atom stereocenters. The normalized spacial score (nSPS) is 25.2. The van der Waals surface area contributed by atoms with Gasteiger partial charge < -0.3 is 0 Å². The molecular formula is C23H27BrN4O3S. The highest BCUT2D eigenvalue weighted by atomic mass is 79.9. The molecule has 3 fully saturated rings. The Morgan fingerprint density at radius 3 is 2.00 bits per heavy atom. The summed E-state index contributed by atoms with van der Waals surface area (Å²) >= 11 is 4.41. The van der Waals surface area contributed by atoms with Crippen molar-refractivity contribution in [2.75, 3.05) is 44.4 Å². The van der Waals surface area contributed by atoms with Crippen LogP contribution in [-0.2, 0) is 9.59 Å². The SMILES string of the molecule is O=C1S/C(=C2/C(=O)N(CN3CCCCC3)c3ccc(Br)cc32)C(=O)N1CN1CCCCC1. The van der Waals surface area contributed by atoms with Crippen molar-refractivity contribution in [2.24, 2.45) is 0 Å². The van der Waals surface area contributed by atoms with Gasteiger partial charge in [0.2, 0.25) is 0 Å². The number of nitrogens with zero attached hydrogens (tertiary/aromatic N) is 4. The molecule has 3 amide bonds. The minimum atomic E-state index is -0.348. The van der Waals surface area contributed by atoms with Crippen LogP contribution in [0.5, 0.6) is 0 Å². The fourth-order valence-electron chi connectivity index (χ4n) is 4.94. The molecule has 0 saturated carbocycles. The number of thioether (sulfide) groups is 1. The summed E-state index contributed by atoms with van der Waals surface area (Å²) in [6.45, 7) is 4.54. The highest BCUT2D eigenvalue weighted by molar-refractivity contribution is 9.10. The molecular weight excluding hydrogens is 492 g/mol. The molecule has 3 saturated heterocycles. The van der Waals surface area contributed by atoms with Crippen molar-refractivity contribution >= 4 is 56.0 Å². The number of hydrogen-bond acceptors (Lipinski definition) is 6. The van der Waals surface area contributed by atoms with Gasteiger partial charge in [0.05, 0.1) is 29.5 Å². The van der Waals surface area contributed by atoms with Gasteiger partial charge >= 0.3 is 0 Å². The van der Waals surface area contributed by atoms with E-state index in [0.717, 1.165) is 79.3 Å². The van der Waals surface area contributed by atoms with Gasteiger partial charge in [0.1, 0.15) is 0 Å². The molecule has 0 aromatic heterocycles. The molecule has 170 valence electrons. The van der Waals surface area contributed by atoms with E-state index in [0.29, 0.717) is 18.9 Å². The molecule has 0 unspecified atom stereocenters. The standard InChI is InChI=1S/C23H27BrN4O3S/c24-16-7-8-18-17(13-16)19(21(29)27(18)14-25-9-3-1-4-10-25)20-22(30)28(23(31)32-20)15-26-11-5-2-6-12-26/h7-8,13H,1-6,9-12,14-15H2/b20-19+. The van der Waals surface area contributed by atoms with E-state index in [1.807, 2.05) is 18.2 Å². The van der Waals surface area contributed by atoms with Crippen molar-refractivity contribution in [3.8, 4) is 0 Å². The summed E-state index contributed by atoms with van der Waals surface area (Å²) in [4.78, 5) is 47.5. The Bertz CT molecular complexity index is 985. The topological polar surface area (TPSA) is 64.2 Å². The lowest BCUT2D eigenvalue weighted by molar-refractivity contribution is -0.124. The summed E-state index contributed by atoms with van der Waals surface area (Å²) in [5, 5.41) is -0.290. The Labute approximate surface area is 200 Å². The number of anilines is 1. The molecule has 0 bridgehead atoms. The van der Waals surface area contributed by atoms with Crippen molar-refractivity contribution in [1.82, 2.24) is 14.7 Å². The predicted molar refractivity (Wildman–Crippen MR) is 129 cm³/mol. The van der Waals surface area contributed by atoms with E-state index in [9.17, 15) is 14.4 Å². The highest BCUT2D eigenvalue weighted by Gasteiger charge is 2.44. The summed E-state index contributed by atoms with van der Waals surface area (Å²) < 4.78 is 0.842. The van der Waals surface area contributed by atoms with Crippen LogP contribution in [0, 0.1) is 0 Å². The second-order valence-corrected chi connectivity index (χ2v) is 10.7. The average Bonchev–Trinajstić information content (AvgIpc) is 3.22. The minimum absolute atomic E-state index is 0.188. The zero-order chi connectivity index (χ0) is 22.2. The number of carbonyl (C=O) groups excluding carboxylic acids is 3. The zero-order valence-electron chi connectivity index (χ0n) is 18.0. The van der Waals surface area contributed by atoms with Crippen LogP contribution in [0.15, 0.2) is 27.6 Å². The second-order valence-electron chi connectivity index (χ2n) is 8.84. The van der Waals surface area contributed by atoms with E-state index in [1.54, 1.807) is 4.90 Å². The van der Waals surface area contributed by atoms with Gasteiger partial charge in [-0.15, -0.1) is 0 Å². The molecule has 0 radical (unpaired) electrons. The van der Waals surface area contributed by atoms with Crippen LogP contribution < -0.4 is 4.90 Å². The molecule has 9 heteroatoms. The fraction of sp³-hybridized carbons (Fsp3) is 0.522. The third kappa shape index (κ3) is 4.16. The number of hydrogen-bond donors (Lipinski definition) is 0. The molecule has 4 aliphatic rings. The fourth-order valence-corrected chi connectivity index (χ4v) is 6.22. The van der Waals surface area contributed by atoms with Crippen molar-refractivity contribution in [1.29, 1.82) is 0 Å². The second kappa shape index (κ2) is 9.29. The van der Waals surface area contributed by atoms with Crippen LogP contribution in [0.3, 0.4) is 0 Å². The number of imide groups is 1. The average molecular weight is 519 g/mol. The Balaban J connectivity index is 1.46. The largest absolute Gasteiger partial charge is 0.294 e. The number of likely N-dealkylation sites (tertiary alicyclic amines) is 2. The van der Waals surface area contributed by atoms with Crippen molar-refractivity contribution in [3.63, 3.8) is 0 Å². The van der Waals surface area contributed by atoms with Gasteiger partial charge in [-0.2, -0.15) is 0 Å². The molecule has 5 rings (SSSR count). The number of carbonyl (C=O) groups is 3. The Kier molecular flexibility index (Phi) is 6.42. The summed E-state index contributed by atoms with van der Waals surface area (Å²) in [6, 6.07) is 5.73. The third-order valence-corrected chi connectivity index (χ3v) is 8.11. The predicted octanol–water partition coefficient (Wildman–Crippen LogP) is 4.09. The number of fused-ring (bicyclic) bond motifs is 1. The Morgan fingerprint density at radius 1 is 0.781 bits per heavy atom. The molecule has 4 aliphatic heterocycles. The van der Waals surface area contributed by atoms with Crippen molar-refractivity contribution < 1.29 is 14.4 Å². The van der Waals surface area contributed by atoms with E-state index in [1.165, 1.54) is 17.7 Å². The number of halogens is 1. The molecule has 7 nitrogen and oxygen atoms in total. The van der Waals surface area contributed by atoms with E-state index >= 15 is 0 Å². The van der Waals surface area contributed by atoms with Gasteiger partial charge in [-0.3, -0.25) is 34.0 Å². The summed E-state index contributed by atoms with van der Waals surface area (Å²) in [7, 11) is 0. The first-order valence-electron chi connectivity index (χ1n) is 11.4. The summed E-state index contributed by atoms with van der Waals surface area (Å²) in [5.74, 6) is -0.535. The number of benzene rings is 1. The van der Waals surface area contributed by atoms with Crippen LogP contribution >= 0.6 is 27.7 Å². The first-order chi connectivity index (χ1) is 15.5. The maximum atomic E-state index is 13.6. The quantitative estimate of drug-likeness (QED) is 0.559. The van der Waals surface area contributed by atoms with Gasteiger partial charge in [-0.1, -0.05) is 28.8 Å². The molecule has 1 aromatic carbocycles. The van der Waals surface area contributed by atoms with Crippen molar-refractivity contribution in [3.05, 3.63) is 33.1 Å². The number of rotatable bonds is 4. The molecule has 32 heavy (non-hydrogen) atoms. The first kappa shape index (κ1) is 22.1. The molecule has 0 N–H and O–H groups in total. The lowest BCUT2D eigenvalue weighted by Gasteiger charge is -2.31. The number of piperidine rings is 2. The number of amides is 3. The summed E-state index contributed by atoms with van der Waals surface area (Å²) in [6.07, 6.45) is 6.86. The third-order valence-electron chi connectivity index (χ3n) is 6.63. The van der Waals surface area contributed by atoms with Crippen LogP contribution in [0.2, 0.25) is 0 Å². The molecule has 4 heterocycles. The van der Waals surface area contributed by atoms with Gasteiger partial charge in [0.25, 0.3) is 17.1 Å². The highest BCUT2D eigenvalue weighted by Crippen LogP contribution is 2.45. The molecule has 0 aliphatic carbocycles. The van der Waals surface area contributed by atoms with Gasteiger partial charge in [-0.25, -0.2) is 0 Å². The van der Waals surface area contributed by atoms with Crippen LogP contribution in [-0.4, -0.2) is 71.3 Å². The monoisotopic (exact) mass is 518 g/mol. The smallest absolute Gasteiger partial charge is 0.294 e. The lowest BCUT2D eigenvalue weighted by atomic mass is 10.1. The maximum absolute atomic E-state index is 13.6. The van der Waals surface area contributed by atoms with E-state index in [4.69, 9.17) is 0 Å². The maximum Gasteiger partial charge on any atom is 0.294 e. The van der Waals surface area contributed by atoms with Crippen LogP contribution in [0.1, 0.15) is 44.1 Å². The zero-order valence-corrected chi connectivity index (χ0v) is 20.4. The summed E-state index contributed by atoms with van der Waals surface area (Å²) in [5.41, 5.74) is 1.90. The van der Waals surface area contributed by atoms with Gasteiger partial charge in [0, 0.05) is 10.0 Å². The van der Waals surface area contributed by atoms with Gasteiger partial charge in [-0.05, 0) is 81.8 Å². The lowest BCUT2D eigenvalue weighted by Crippen LogP contribution is -2.43. The minimum Gasteiger partial charge on any atom is -0.294 e. The van der Waals surface area contributed by atoms with Crippen LogP contribution in [0.4, 0.5) is 10.5 Å². The van der Waals surface area contributed by atoms with Crippen molar-refractivity contribution in [2.45, 2.75) is 38.5 Å². The molecule has 0 spiro atoms. The first-order valence-corrected chi connectivity index (χ1v) is 13.0. The van der Waals surface area contributed by atoms with E-state index in [2.05, 4.69) is 25.7 Å². The van der Waals surface area contributed by atoms with Gasteiger partial charge in [0.15, 0.2) is 0 Å². The van der Waals surface area contributed by atoms with E-state index < -0.39 is 0 Å². The molecule has 1 aromatic rings.